The monoisotopic (exact) mass is 281 g/mol. The molecule has 0 spiro atoms. The molecule has 2 aromatic rings. The number of nitrogens with zero attached hydrogens (tertiary/aromatic N) is 1. The first kappa shape index (κ1) is 13.8. The van der Waals surface area contributed by atoms with Gasteiger partial charge in [-0.15, -0.1) is 0 Å². The van der Waals surface area contributed by atoms with Crippen LogP contribution in [-0.4, -0.2) is 10.9 Å². The van der Waals surface area contributed by atoms with Crippen molar-refractivity contribution < 1.29 is 4.79 Å². The molecule has 0 unspecified atom stereocenters. The van der Waals surface area contributed by atoms with Crippen LogP contribution in [0, 0.1) is 6.92 Å². The summed E-state index contributed by atoms with van der Waals surface area (Å²) < 4.78 is 1.83. The highest BCUT2D eigenvalue weighted by atomic mass is 16.1. The second-order valence-electron chi connectivity index (χ2n) is 5.80. The summed E-state index contributed by atoms with van der Waals surface area (Å²) in [6.07, 6.45) is 4.07. The van der Waals surface area contributed by atoms with Crippen LogP contribution in [0.4, 0.5) is 0 Å². The van der Waals surface area contributed by atoms with Gasteiger partial charge in [0.1, 0.15) is 6.29 Å². The first-order chi connectivity index (χ1) is 10.2. The first-order valence-electron chi connectivity index (χ1n) is 7.43. The number of aryl methyl sites for hydroxylation is 2. The molecule has 21 heavy (non-hydrogen) atoms. The Morgan fingerprint density at radius 2 is 1.90 bits per heavy atom. The fourth-order valence-electron chi connectivity index (χ4n) is 2.70. The molecule has 1 fully saturated rings. The molecule has 1 heterocycles. The molecule has 3 nitrogen and oxygen atoms in total. The van der Waals surface area contributed by atoms with E-state index in [0.717, 1.165) is 24.0 Å². The van der Waals surface area contributed by atoms with E-state index in [1.165, 1.54) is 18.4 Å². The molecule has 1 aliphatic rings. The van der Waals surface area contributed by atoms with Crippen molar-refractivity contribution in [3.63, 3.8) is 0 Å². The lowest BCUT2D eigenvalue weighted by Crippen LogP contribution is -2.23. The minimum atomic E-state index is 0.0985. The number of rotatable bonds is 5. The van der Waals surface area contributed by atoms with Gasteiger partial charge in [0, 0.05) is 23.9 Å². The van der Waals surface area contributed by atoms with Crippen molar-refractivity contribution in [2.24, 2.45) is 0 Å². The van der Waals surface area contributed by atoms with Gasteiger partial charge in [0.15, 0.2) is 0 Å². The van der Waals surface area contributed by atoms with E-state index in [2.05, 4.69) is 6.07 Å². The van der Waals surface area contributed by atoms with E-state index in [-0.39, 0.29) is 5.56 Å². The summed E-state index contributed by atoms with van der Waals surface area (Å²) >= 11 is 0. The predicted octanol–water partition coefficient (Wildman–Crippen LogP) is 3.09. The molecule has 3 heteroatoms. The number of aromatic nitrogens is 1. The number of aldehydes is 1. The fourth-order valence-corrected chi connectivity index (χ4v) is 2.70. The highest BCUT2D eigenvalue weighted by Crippen LogP contribution is 2.39. The fraction of sp³-hybridized carbons (Fsp3) is 0.333. The van der Waals surface area contributed by atoms with Crippen LogP contribution in [0.1, 0.15) is 45.9 Å². The summed E-state index contributed by atoms with van der Waals surface area (Å²) in [5, 5.41) is 0. The molecular formula is C18H19NO2. The minimum absolute atomic E-state index is 0.0985. The second kappa shape index (κ2) is 5.68. The largest absolute Gasteiger partial charge is 0.313 e. The van der Waals surface area contributed by atoms with Gasteiger partial charge in [0.05, 0.1) is 0 Å². The maximum atomic E-state index is 12.2. The van der Waals surface area contributed by atoms with Gasteiger partial charge in [-0.3, -0.25) is 9.59 Å². The van der Waals surface area contributed by atoms with E-state index in [1.54, 1.807) is 6.07 Å². The molecule has 1 aliphatic carbocycles. The number of hydrogen-bond acceptors (Lipinski definition) is 2. The lowest BCUT2D eigenvalue weighted by Gasteiger charge is -2.11. The van der Waals surface area contributed by atoms with Gasteiger partial charge < -0.3 is 4.57 Å². The maximum absolute atomic E-state index is 12.2. The highest BCUT2D eigenvalue weighted by Gasteiger charge is 2.24. The molecular weight excluding hydrogens is 262 g/mol. The lowest BCUT2D eigenvalue weighted by molar-refractivity contribution is 0.112. The molecule has 0 N–H and O–H groups in total. The Morgan fingerprint density at radius 1 is 1.19 bits per heavy atom. The third kappa shape index (κ3) is 3.13. The average Bonchev–Trinajstić information content (AvgIpc) is 3.31. The van der Waals surface area contributed by atoms with Crippen LogP contribution in [-0.2, 0) is 13.0 Å². The molecule has 0 saturated heterocycles. The molecule has 3 rings (SSSR count). The molecule has 1 aromatic heterocycles. The Hall–Kier alpha value is -2.16. The molecule has 0 amide bonds. The van der Waals surface area contributed by atoms with E-state index < -0.39 is 0 Å². The third-order valence-corrected chi connectivity index (χ3v) is 4.15. The topological polar surface area (TPSA) is 39.1 Å². The molecule has 0 radical (unpaired) electrons. The number of carbonyl (C=O) groups is 1. The Balaban J connectivity index is 1.75. The van der Waals surface area contributed by atoms with E-state index >= 15 is 0 Å². The van der Waals surface area contributed by atoms with Gasteiger partial charge in [0.2, 0.25) is 0 Å². The van der Waals surface area contributed by atoms with Crippen molar-refractivity contribution in [3.8, 4) is 0 Å². The van der Waals surface area contributed by atoms with Crippen molar-refractivity contribution >= 4 is 6.29 Å². The quantitative estimate of drug-likeness (QED) is 0.790. The van der Waals surface area contributed by atoms with Crippen LogP contribution in [0.3, 0.4) is 0 Å². The zero-order valence-electron chi connectivity index (χ0n) is 12.2. The summed E-state index contributed by atoms with van der Waals surface area (Å²) in [6, 6.07) is 11.5. The number of pyridine rings is 1. The van der Waals surface area contributed by atoms with Gasteiger partial charge in [-0.25, -0.2) is 0 Å². The van der Waals surface area contributed by atoms with Crippen molar-refractivity contribution in [2.75, 3.05) is 0 Å². The Bertz CT molecular complexity index is 709. The van der Waals surface area contributed by atoms with Gasteiger partial charge in [0.25, 0.3) is 5.56 Å². The van der Waals surface area contributed by atoms with Crippen LogP contribution < -0.4 is 5.56 Å². The molecule has 108 valence electrons. The first-order valence-corrected chi connectivity index (χ1v) is 7.43. The Kier molecular flexibility index (Phi) is 3.74. The standard InChI is InChI=1S/C18H19NO2/c1-13-10-17(16-6-7-16)11-18(21)19(13)9-8-14-2-4-15(12-20)5-3-14/h2-5,10-12,16H,6-9H2,1H3. The summed E-state index contributed by atoms with van der Waals surface area (Å²) in [5.41, 5.74) is 4.15. The Labute approximate surface area is 124 Å². The summed E-state index contributed by atoms with van der Waals surface area (Å²) in [5.74, 6) is 0.613. The van der Waals surface area contributed by atoms with Gasteiger partial charge in [-0.05, 0) is 49.3 Å². The average molecular weight is 281 g/mol. The number of hydrogen-bond donors (Lipinski definition) is 0. The second-order valence-corrected chi connectivity index (χ2v) is 5.80. The summed E-state index contributed by atoms with van der Waals surface area (Å²) in [4.78, 5) is 22.9. The molecule has 0 bridgehead atoms. The van der Waals surface area contributed by atoms with Gasteiger partial charge >= 0.3 is 0 Å². The predicted molar refractivity (Wildman–Crippen MR) is 82.9 cm³/mol. The van der Waals surface area contributed by atoms with Crippen molar-refractivity contribution in [2.45, 2.75) is 38.6 Å². The summed E-state index contributed by atoms with van der Waals surface area (Å²) in [7, 11) is 0. The zero-order valence-corrected chi connectivity index (χ0v) is 12.2. The number of benzene rings is 1. The van der Waals surface area contributed by atoms with Crippen LogP contribution >= 0.6 is 0 Å². The maximum Gasteiger partial charge on any atom is 0.251 e. The van der Waals surface area contributed by atoms with Crippen molar-refractivity contribution in [1.29, 1.82) is 0 Å². The smallest absolute Gasteiger partial charge is 0.251 e. The van der Waals surface area contributed by atoms with Crippen LogP contribution in [0.2, 0.25) is 0 Å². The zero-order chi connectivity index (χ0) is 14.8. The normalized spacial score (nSPS) is 14.1. The van der Waals surface area contributed by atoms with Crippen molar-refractivity contribution in [3.05, 3.63) is 69.1 Å². The van der Waals surface area contributed by atoms with Gasteiger partial charge in [-0.2, -0.15) is 0 Å². The molecule has 0 atom stereocenters. The van der Waals surface area contributed by atoms with E-state index in [9.17, 15) is 9.59 Å². The van der Waals surface area contributed by atoms with E-state index in [4.69, 9.17) is 0 Å². The third-order valence-electron chi connectivity index (χ3n) is 4.15. The molecule has 1 aromatic carbocycles. The SMILES string of the molecule is Cc1cc(C2CC2)cc(=O)n1CCc1ccc(C=O)cc1. The lowest BCUT2D eigenvalue weighted by atomic mass is 10.1. The number of carbonyl (C=O) groups excluding carboxylic acids is 1. The van der Waals surface area contributed by atoms with Crippen molar-refractivity contribution in [1.82, 2.24) is 4.57 Å². The van der Waals surface area contributed by atoms with E-state index in [0.29, 0.717) is 18.0 Å². The molecule has 0 aliphatic heterocycles. The highest BCUT2D eigenvalue weighted by molar-refractivity contribution is 5.74. The van der Waals surface area contributed by atoms with Crippen LogP contribution in [0.5, 0.6) is 0 Å². The summed E-state index contributed by atoms with van der Waals surface area (Å²) in [6.45, 7) is 2.68. The molecule has 1 saturated carbocycles. The van der Waals surface area contributed by atoms with Crippen LogP contribution in [0.15, 0.2) is 41.2 Å². The Morgan fingerprint density at radius 3 is 2.48 bits per heavy atom. The van der Waals surface area contributed by atoms with E-state index in [1.807, 2.05) is 35.8 Å². The van der Waals surface area contributed by atoms with Crippen LogP contribution in [0.25, 0.3) is 0 Å². The van der Waals surface area contributed by atoms with Gasteiger partial charge in [-0.1, -0.05) is 24.3 Å². The minimum Gasteiger partial charge on any atom is -0.313 e.